The van der Waals surface area contributed by atoms with Crippen LogP contribution in [0.1, 0.15) is 43.6 Å². The Labute approximate surface area is 160 Å². The highest BCUT2D eigenvalue weighted by molar-refractivity contribution is 7.09. The molecule has 1 aromatic carbocycles. The second-order valence-corrected chi connectivity index (χ2v) is 8.29. The average Bonchev–Trinajstić information content (AvgIpc) is 3.10. The third-order valence-corrected chi connectivity index (χ3v) is 5.58. The van der Waals surface area contributed by atoms with Crippen molar-refractivity contribution in [2.75, 3.05) is 24.5 Å². The maximum Gasteiger partial charge on any atom is 0.223 e. The number of benzene rings is 1. The van der Waals surface area contributed by atoms with Gasteiger partial charge < -0.3 is 10.2 Å². The van der Waals surface area contributed by atoms with Crippen LogP contribution >= 0.6 is 11.5 Å². The number of nitrogens with zero attached hydrogens (tertiary/aromatic N) is 3. The van der Waals surface area contributed by atoms with Crippen molar-refractivity contribution in [3.8, 4) is 0 Å². The van der Waals surface area contributed by atoms with E-state index in [9.17, 15) is 4.79 Å². The van der Waals surface area contributed by atoms with Crippen LogP contribution in [-0.4, -0.2) is 34.9 Å². The van der Waals surface area contributed by atoms with E-state index in [4.69, 9.17) is 4.98 Å². The highest BCUT2D eigenvalue weighted by atomic mass is 32.1. The summed E-state index contributed by atoms with van der Waals surface area (Å²) < 4.78 is 4.52. The van der Waals surface area contributed by atoms with Crippen LogP contribution in [0.3, 0.4) is 0 Å². The quantitative estimate of drug-likeness (QED) is 0.844. The van der Waals surface area contributed by atoms with E-state index in [0.717, 1.165) is 49.9 Å². The first-order chi connectivity index (χ1) is 12.5. The Hall–Kier alpha value is -1.95. The molecule has 0 saturated carbocycles. The summed E-state index contributed by atoms with van der Waals surface area (Å²) in [5.41, 5.74) is 2.50. The largest absolute Gasteiger partial charge is 0.356 e. The summed E-state index contributed by atoms with van der Waals surface area (Å²) >= 11 is 1.47. The molecule has 1 aliphatic rings. The lowest BCUT2D eigenvalue weighted by molar-refractivity contribution is -0.125. The molecule has 6 heteroatoms. The number of amides is 1. The topological polar surface area (TPSA) is 58.1 Å². The van der Waals surface area contributed by atoms with Crippen molar-refractivity contribution in [3.05, 3.63) is 41.2 Å². The molecule has 1 aromatic heterocycles. The molecule has 0 radical (unpaired) electrons. The fourth-order valence-electron chi connectivity index (χ4n) is 3.12. The van der Waals surface area contributed by atoms with Gasteiger partial charge in [-0.25, -0.2) is 4.98 Å². The van der Waals surface area contributed by atoms with Gasteiger partial charge in [0.25, 0.3) is 0 Å². The maximum absolute atomic E-state index is 12.2. The van der Waals surface area contributed by atoms with Crippen LogP contribution < -0.4 is 10.2 Å². The van der Waals surface area contributed by atoms with Gasteiger partial charge in [-0.3, -0.25) is 4.79 Å². The van der Waals surface area contributed by atoms with Gasteiger partial charge in [-0.15, -0.1) is 0 Å². The zero-order chi connectivity index (χ0) is 18.5. The molecule has 0 aliphatic carbocycles. The third kappa shape index (κ3) is 5.04. The predicted octanol–water partition coefficient (Wildman–Crippen LogP) is 3.43. The Balaban J connectivity index is 1.51. The van der Waals surface area contributed by atoms with Gasteiger partial charge in [0.15, 0.2) is 0 Å². The van der Waals surface area contributed by atoms with Gasteiger partial charge >= 0.3 is 0 Å². The number of piperidine rings is 1. The minimum absolute atomic E-state index is 0.130. The van der Waals surface area contributed by atoms with Crippen molar-refractivity contribution in [1.29, 1.82) is 0 Å². The fraction of sp³-hybridized carbons (Fsp3) is 0.550. The summed E-state index contributed by atoms with van der Waals surface area (Å²) in [6.07, 6.45) is 2.54. The zero-order valence-corrected chi connectivity index (χ0v) is 16.7. The van der Waals surface area contributed by atoms with Gasteiger partial charge in [-0.05, 0) is 31.2 Å². The first kappa shape index (κ1) is 18.8. The van der Waals surface area contributed by atoms with Gasteiger partial charge in [-0.1, -0.05) is 43.7 Å². The number of nitrogens with one attached hydrogen (secondary N) is 1. The summed E-state index contributed by atoms with van der Waals surface area (Å²) in [7, 11) is 0. The van der Waals surface area contributed by atoms with E-state index in [1.807, 2.05) is 0 Å². The molecule has 26 heavy (non-hydrogen) atoms. The van der Waals surface area contributed by atoms with E-state index in [1.54, 1.807) is 0 Å². The molecule has 1 aliphatic heterocycles. The Bertz CT molecular complexity index is 718. The first-order valence-electron chi connectivity index (χ1n) is 9.42. The lowest BCUT2D eigenvalue weighted by Gasteiger charge is -2.30. The lowest BCUT2D eigenvalue weighted by Crippen LogP contribution is -2.41. The molecular formula is C20H28N4OS. The molecule has 0 bridgehead atoms. The van der Waals surface area contributed by atoms with Crippen molar-refractivity contribution in [2.45, 2.75) is 40.0 Å². The number of aryl methyl sites for hydroxylation is 1. The van der Waals surface area contributed by atoms with Crippen LogP contribution in [0.15, 0.2) is 24.3 Å². The first-order valence-corrected chi connectivity index (χ1v) is 10.2. The standard InChI is InChI=1S/C20H28N4OS/c1-14(2)13-21-19(25)17-8-10-24(11-9-17)20-22-18(23-26-20)12-16-6-4-15(3)5-7-16/h4-7,14,17H,8-13H2,1-3H3,(H,21,25). The van der Waals surface area contributed by atoms with Gasteiger partial charge in [0, 0.05) is 43.5 Å². The van der Waals surface area contributed by atoms with Crippen LogP contribution in [0.5, 0.6) is 0 Å². The van der Waals surface area contributed by atoms with Crippen molar-refractivity contribution in [1.82, 2.24) is 14.7 Å². The lowest BCUT2D eigenvalue weighted by atomic mass is 9.96. The second kappa shape index (κ2) is 8.62. The highest BCUT2D eigenvalue weighted by Crippen LogP contribution is 2.25. The van der Waals surface area contributed by atoms with E-state index in [0.29, 0.717) is 5.92 Å². The van der Waals surface area contributed by atoms with Crippen LogP contribution in [0.4, 0.5) is 5.13 Å². The Morgan fingerprint density at radius 1 is 1.27 bits per heavy atom. The molecule has 0 spiro atoms. The van der Waals surface area contributed by atoms with E-state index in [2.05, 4.69) is 59.6 Å². The molecule has 140 valence electrons. The minimum Gasteiger partial charge on any atom is -0.356 e. The normalized spacial score (nSPS) is 15.5. The van der Waals surface area contributed by atoms with Gasteiger partial charge in [-0.2, -0.15) is 4.37 Å². The molecule has 3 rings (SSSR count). The Kier molecular flexibility index (Phi) is 6.25. The fourth-order valence-corrected chi connectivity index (χ4v) is 3.85. The van der Waals surface area contributed by atoms with E-state index in [-0.39, 0.29) is 11.8 Å². The van der Waals surface area contributed by atoms with Gasteiger partial charge in [0.05, 0.1) is 0 Å². The number of carbonyl (C=O) groups excluding carboxylic acids is 1. The molecule has 5 nitrogen and oxygen atoms in total. The second-order valence-electron chi connectivity index (χ2n) is 7.56. The monoisotopic (exact) mass is 372 g/mol. The van der Waals surface area contributed by atoms with Crippen LogP contribution in [0, 0.1) is 18.8 Å². The molecular weight excluding hydrogens is 344 g/mol. The SMILES string of the molecule is Cc1ccc(Cc2nsc(N3CCC(C(=O)NCC(C)C)CC3)n2)cc1. The van der Waals surface area contributed by atoms with Gasteiger partial charge in [0.2, 0.25) is 11.0 Å². The van der Waals surface area contributed by atoms with E-state index in [1.165, 1.54) is 22.7 Å². The Morgan fingerprint density at radius 3 is 2.62 bits per heavy atom. The molecule has 1 fully saturated rings. The van der Waals surface area contributed by atoms with Crippen molar-refractivity contribution >= 4 is 22.6 Å². The molecule has 1 saturated heterocycles. The average molecular weight is 373 g/mol. The number of rotatable bonds is 6. The molecule has 2 heterocycles. The number of hydrogen-bond donors (Lipinski definition) is 1. The third-order valence-electron chi connectivity index (χ3n) is 4.76. The molecule has 0 atom stereocenters. The Morgan fingerprint density at radius 2 is 1.96 bits per heavy atom. The van der Waals surface area contributed by atoms with Crippen molar-refractivity contribution < 1.29 is 4.79 Å². The van der Waals surface area contributed by atoms with Crippen molar-refractivity contribution in [3.63, 3.8) is 0 Å². The molecule has 1 amide bonds. The molecule has 1 N–H and O–H groups in total. The van der Waals surface area contributed by atoms with Crippen LogP contribution in [0.25, 0.3) is 0 Å². The predicted molar refractivity (Wildman–Crippen MR) is 107 cm³/mol. The summed E-state index contributed by atoms with van der Waals surface area (Å²) in [5.74, 6) is 1.71. The summed E-state index contributed by atoms with van der Waals surface area (Å²) in [5, 5.41) is 4.04. The van der Waals surface area contributed by atoms with E-state index >= 15 is 0 Å². The zero-order valence-electron chi connectivity index (χ0n) is 15.9. The minimum atomic E-state index is 0.130. The number of carbonyl (C=O) groups is 1. The number of aromatic nitrogens is 2. The molecule has 0 unspecified atom stereocenters. The van der Waals surface area contributed by atoms with Crippen LogP contribution in [0.2, 0.25) is 0 Å². The summed E-state index contributed by atoms with van der Waals surface area (Å²) in [6, 6.07) is 8.52. The summed E-state index contributed by atoms with van der Waals surface area (Å²) in [6.45, 7) is 8.84. The number of anilines is 1. The van der Waals surface area contributed by atoms with Crippen molar-refractivity contribution in [2.24, 2.45) is 11.8 Å². The summed E-state index contributed by atoms with van der Waals surface area (Å²) in [4.78, 5) is 19.2. The van der Waals surface area contributed by atoms with E-state index < -0.39 is 0 Å². The van der Waals surface area contributed by atoms with Gasteiger partial charge in [0.1, 0.15) is 5.82 Å². The highest BCUT2D eigenvalue weighted by Gasteiger charge is 2.26. The smallest absolute Gasteiger partial charge is 0.223 e. The number of hydrogen-bond acceptors (Lipinski definition) is 5. The maximum atomic E-state index is 12.2. The molecule has 2 aromatic rings. The van der Waals surface area contributed by atoms with Crippen LogP contribution in [-0.2, 0) is 11.2 Å².